The maximum Gasteiger partial charge on any atom is 0.146 e. The Morgan fingerprint density at radius 3 is 3.16 bits per heavy atom. The van der Waals surface area contributed by atoms with E-state index in [1.807, 2.05) is 0 Å². The number of benzene rings is 1. The third kappa shape index (κ3) is 3.19. The van der Waals surface area contributed by atoms with Crippen molar-refractivity contribution in [2.45, 2.75) is 31.9 Å². The maximum atomic E-state index is 5.76. The fourth-order valence-electron chi connectivity index (χ4n) is 2.71. The quantitative estimate of drug-likeness (QED) is 0.872. The first-order valence-corrected chi connectivity index (χ1v) is 7.24. The highest BCUT2D eigenvalue weighted by molar-refractivity contribution is 5.61. The molecule has 1 saturated heterocycles. The molecule has 0 bridgehead atoms. The molecule has 2 aliphatic rings. The number of anilines is 1. The minimum absolute atomic E-state index is 0.382. The van der Waals surface area contributed by atoms with Crippen LogP contribution < -0.4 is 15.4 Å². The lowest BCUT2D eigenvalue weighted by molar-refractivity contribution is 0.0167. The summed E-state index contributed by atoms with van der Waals surface area (Å²) in [6.07, 6.45) is 4.06. The van der Waals surface area contributed by atoms with E-state index in [0.29, 0.717) is 6.10 Å². The van der Waals surface area contributed by atoms with Gasteiger partial charge in [0.15, 0.2) is 0 Å². The number of rotatable bonds is 4. The van der Waals surface area contributed by atoms with Crippen LogP contribution in [0.15, 0.2) is 18.2 Å². The van der Waals surface area contributed by atoms with Gasteiger partial charge in [-0.2, -0.15) is 0 Å². The molecule has 1 aromatic rings. The molecular formula is C15H22N2O2. The Bertz CT molecular complexity index is 417. The zero-order valence-electron chi connectivity index (χ0n) is 11.3. The van der Waals surface area contributed by atoms with Crippen LogP contribution in [0.1, 0.15) is 24.8 Å². The van der Waals surface area contributed by atoms with Crippen LogP contribution >= 0.6 is 0 Å². The highest BCUT2D eigenvalue weighted by Crippen LogP contribution is 2.31. The predicted molar refractivity (Wildman–Crippen MR) is 75.7 cm³/mol. The van der Waals surface area contributed by atoms with E-state index >= 15 is 0 Å². The Morgan fingerprint density at radius 2 is 2.26 bits per heavy atom. The molecular weight excluding hydrogens is 240 g/mol. The summed E-state index contributed by atoms with van der Waals surface area (Å²) in [5.74, 6) is 1.01. The van der Waals surface area contributed by atoms with E-state index in [0.717, 1.165) is 44.3 Å². The fourth-order valence-corrected chi connectivity index (χ4v) is 2.71. The van der Waals surface area contributed by atoms with Gasteiger partial charge in [0.25, 0.3) is 0 Å². The number of hydrogen-bond donors (Lipinski definition) is 2. The number of hydrogen-bond acceptors (Lipinski definition) is 4. The lowest BCUT2D eigenvalue weighted by atomic mass is 10.1. The lowest BCUT2D eigenvalue weighted by Crippen LogP contribution is -2.31. The topological polar surface area (TPSA) is 42.5 Å². The second-order valence-electron chi connectivity index (χ2n) is 5.19. The monoisotopic (exact) mass is 262 g/mol. The van der Waals surface area contributed by atoms with Crippen LogP contribution in [-0.4, -0.2) is 32.4 Å². The van der Waals surface area contributed by atoms with Crippen molar-refractivity contribution < 1.29 is 9.47 Å². The minimum Gasteiger partial charge on any atom is -0.489 e. The average molecular weight is 262 g/mol. The van der Waals surface area contributed by atoms with Crippen molar-refractivity contribution in [1.29, 1.82) is 0 Å². The fraction of sp³-hybridized carbons (Fsp3) is 0.600. The van der Waals surface area contributed by atoms with Gasteiger partial charge in [-0.15, -0.1) is 0 Å². The van der Waals surface area contributed by atoms with Crippen molar-refractivity contribution in [2.75, 3.05) is 31.6 Å². The van der Waals surface area contributed by atoms with E-state index in [1.54, 1.807) is 0 Å². The molecule has 2 aliphatic heterocycles. The van der Waals surface area contributed by atoms with E-state index in [1.165, 1.54) is 24.8 Å². The summed E-state index contributed by atoms with van der Waals surface area (Å²) in [6, 6.07) is 6.28. The van der Waals surface area contributed by atoms with Gasteiger partial charge in [0.1, 0.15) is 12.4 Å². The predicted octanol–water partition coefficient (Wildman–Crippen LogP) is 2.15. The summed E-state index contributed by atoms with van der Waals surface area (Å²) in [7, 11) is 0. The maximum absolute atomic E-state index is 5.76. The van der Waals surface area contributed by atoms with E-state index < -0.39 is 0 Å². The van der Waals surface area contributed by atoms with Crippen LogP contribution in [0.2, 0.25) is 0 Å². The molecule has 0 aromatic heterocycles. The first kappa shape index (κ1) is 12.8. The Hall–Kier alpha value is -1.26. The van der Waals surface area contributed by atoms with Crippen LogP contribution in [0, 0.1) is 0 Å². The molecule has 4 heteroatoms. The highest BCUT2D eigenvalue weighted by Gasteiger charge is 2.15. The van der Waals surface area contributed by atoms with Gasteiger partial charge in [-0.3, -0.25) is 0 Å². The van der Waals surface area contributed by atoms with Crippen molar-refractivity contribution in [3.63, 3.8) is 0 Å². The van der Waals surface area contributed by atoms with Crippen LogP contribution in [0.3, 0.4) is 0 Å². The van der Waals surface area contributed by atoms with Crippen LogP contribution in [0.4, 0.5) is 5.69 Å². The number of nitrogens with one attached hydrogen (secondary N) is 2. The van der Waals surface area contributed by atoms with Gasteiger partial charge in [-0.05, 0) is 25.3 Å². The first-order valence-electron chi connectivity index (χ1n) is 7.24. The highest BCUT2D eigenvalue weighted by atomic mass is 16.5. The van der Waals surface area contributed by atoms with E-state index in [4.69, 9.17) is 9.47 Å². The average Bonchev–Trinajstić information content (AvgIpc) is 2.49. The first-order chi connectivity index (χ1) is 9.43. The van der Waals surface area contributed by atoms with Gasteiger partial charge in [0, 0.05) is 31.8 Å². The largest absolute Gasteiger partial charge is 0.489 e. The second kappa shape index (κ2) is 6.26. The number of fused-ring (bicyclic) bond motifs is 1. The van der Waals surface area contributed by atoms with Crippen molar-refractivity contribution in [3.05, 3.63) is 23.8 Å². The summed E-state index contributed by atoms with van der Waals surface area (Å²) in [6.45, 7) is 4.32. The SMILES string of the molecule is c1cc(CNCC2CCCCO2)c2c(c1)NCCO2. The Labute approximate surface area is 114 Å². The molecule has 0 radical (unpaired) electrons. The molecule has 0 aliphatic carbocycles. The zero-order valence-corrected chi connectivity index (χ0v) is 11.3. The molecule has 19 heavy (non-hydrogen) atoms. The van der Waals surface area contributed by atoms with Gasteiger partial charge < -0.3 is 20.1 Å². The smallest absolute Gasteiger partial charge is 0.146 e. The molecule has 1 unspecified atom stereocenters. The molecule has 1 aromatic carbocycles. The third-order valence-electron chi connectivity index (χ3n) is 3.72. The molecule has 4 nitrogen and oxygen atoms in total. The third-order valence-corrected chi connectivity index (χ3v) is 3.72. The second-order valence-corrected chi connectivity index (χ2v) is 5.19. The van der Waals surface area contributed by atoms with Crippen LogP contribution in [0.5, 0.6) is 5.75 Å². The summed E-state index contributed by atoms with van der Waals surface area (Å²) in [5.41, 5.74) is 2.33. The van der Waals surface area contributed by atoms with Gasteiger partial charge in [0.2, 0.25) is 0 Å². The molecule has 3 rings (SSSR count). The van der Waals surface area contributed by atoms with Gasteiger partial charge >= 0.3 is 0 Å². The van der Waals surface area contributed by atoms with Gasteiger partial charge in [-0.1, -0.05) is 12.1 Å². The summed E-state index contributed by atoms with van der Waals surface area (Å²) >= 11 is 0. The van der Waals surface area contributed by atoms with E-state index in [-0.39, 0.29) is 0 Å². The molecule has 0 saturated carbocycles. The van der Waals surface area contributed by atoms with E-state index in [9.17, 15) is 0 Å². The Kier molecular flexibility index (Phi) is 4.20. The van der Waals surface area contributed by atoms with Crippen molar-refractivity contribution >= 4 is 5.69 Å². The van der Waals surface area contributed by atoms with Crippen LogP contribution in [-0.2, 0) is 11.3 Å². The van der Waals surface area contributed by atoms with Crippen molar-refractivity contribution in [3.8, 4) is 5.75 Å². The summed E-state index contributed by atoms with van der Waals surface area (Å²) in [5, 5.41) is 6.85. The molecule has 1 atom stereocenters. The Morgan fingerprint density at radius 1 is 1.26 bits per heavy atom. The summed E-state index contributed by atoms with van der Waals surface area (Å²) in [4.78, 5) is 0. The van der Waals surface area contributed by atoms with Crippen LogP contribution in [0.25, 0.3) is 0 Å². The number of ether oxygens (including phenoxy) is 2. The van der Waals surface area contributed by atoms with Crippen molar-refractivity contribution in [1.82, 2.24) is 5.32 Å². The van der Waals surface area contributed by atoms with Gasteiger partial charge in [0.05, 0.1) is 11.8 Å². The minimum atomic E-state index is 0.382. The number of para-hydroxylation sites is 1. The molecule has 0 amide bonds. The standard InChI is InChI=1S/C15H22N2O2/c1-2-8-18-13(5-1)11-16-10-12-4-3-6-14-15(12)19-9-7-17-14/h3-4,6,13,16-17H,1-2,5,7-11H2. The normalized spacial score (nSPS) is 22.2. The molecule has 1 fully saturated rings. The van der Waals surface area contributed by atoms with Crippen molar-refractivity contribution in [2.24, 2.45) is 0 Å². The zero-order chi connectivity index (χ0) is 12.9. The van der Waals surface area contributed by atoms with E-state index in [2.05, 4.69) is 28.8 Å². The molecule has 2 heterocycles. The van der Waals surface area contributed by atoms with Gasteiger partial charge in [-0.25, -0.2) is 0 Å². The molecule has 0 spiro atoms. The Balaban J connectivity index is 1.54. The molecule has 104 valence electrons. The summed E-state index contributed by atoms with van der Waals surface area (Å²) < 4.78 is 11.5. The molecule has 2 N–H and O–H groups in total. The lowest BCUT2D eigenvalue weighted by Gasteiger charge is -2.24.